The molecule has 0 aliphatic heterocycles. The maximum Gasteiger partial charge on any atom is 0.342 e. The standard InChI is InChI=1S/C13H18N2O5/c1-6(2)10(11(16)15-13(14)18)20-12(17)9-5-7(3)19-8(9)4/h5-6,10H,1-4H3,(H3,14,15,16,18). The third-order valence-corrected chi connectivity index (χ3v) is 2.61. The van der Waals surface area contributed by atoms with Crippen LogP contribution in [0.2, 0.25) is 0 Å². The molecule has 0 saturated carbocycles. The van der Waals surface area contributed by atoms with Gasteiger partial charge in [-0.15, -0.1) is 0 Å². The van der Waals surface area contributed by atoms with E-state index in [4.69, 9.17) is 14.9 Å². The first kappa shape index (κ1) is 15.7. The average Bonchev–Trinajstić information content (AvgIpc) is 2.63. The first-order valence-corrected chi connectivity index (χ1v) is 6.10. The summed E-state index contributed by atoms with van der Waals surface area (Å²) in [5.41, 5.74) is 5.12. The van der Waals surface area contributed by atoms with E-state index in [2.05, 4.69) is 0 Å². The third-order valence-electron chi connectivity index (χ3n) is 2.61. The first-order chi connectivity index (χ1) is 9.22. The van der Waals surface area contributed by atoms with E-state index in [1.54, 1.807) is 27.7 Å². The number of ether oxygens (including phenoxy) is 1. The summed E-state index contributed by atoms with van der Waals surface area (Å²) in [4.78, 5) is 34.4. The molecule has 0 aliphatic rings. The van der Waals surface area contributed by atoms with E-state index in [1.165, 1.54) is 6.07 Å². The summed E-state index contributed by atoms with van der Waals surface area (Å²) in [5, 5.41) is 1.90. The minimum Gasteiger partial charge on any atom is -0.466 e. The molecule has 7 heteroatoms. The van der Waals surface area contributed by atoms with Gasteiger partial charge in [-0.2, -0.15) is 0 Å². The van der Waals surface area contributed by atoms with Gasteiger partial charge in [-0.1, -0.05) is 13.8 Å². The molecular formula is C13H18N2O5. The molecular weight excluding hydrogens is 264 g/mol. The van der Waals surface area contributed by atoms with E-state index in [0.29, 0.717) is 11.5 Å². The summed E-state index contributed by atoms with van der Waals surface area (Å²) >= 11 is 0. The Morgan fingerprint density at radius 2 is 1.90 bits per heavy atom. The number of imide groups is 1. The van der Waals surface area contributed by atoms with Crippen LogP contribution in [0.5, 0.6) is 0 Å². The van der Waals surface area contributed by atoms with Crippen molar-refractivity contribution in [2.45, 2.75) is 33.8 Å². The van der Waals surface area contributed by atoms with Crippen molar-refractivity contribution in [1.29, 1.82) is 0 Å². The fraction of sp³-hybridized carbons (Fsp3) is 0.462. The molecule has 3 amide bonds. The van der Waals surface area contributed by atoms with E-state index < -0.39 is 24.0 Å². The quantitative estimate of drug-likeness (QED) is 0.808. The van der Waals surface area contributed by atoms with Crippen LogP contribution in [-0.4, -0.2) is 24.0 Å². The van der Waals surface area contributed by atoms with Gasteiger partial charge in [-0.3, -0.25) is 10.1 Å². The van der Waals surface area contributed by atoms with E-state index in [1.807, 2.05) is 5.32 Å². The predicted octanol–water partition coefficient (Wildman–Crippen LogP) is 1.27. The Hall–Kier alpha value is -2.31. The van der Waals surface area contributed by atoms with Crippen LogP contribution in [0.1, 0.15) is 35.7 Å². The molecule has 0 radical (unpaired) electrons. The molecule has 1 aromatic rings. The zero-order valence-corrected chi connectivity index (χ0v) is 11.9. The van der Waals surface area contributed by atoms with Gasteiger partial charge in [0.2, 0.25) is 0 Å². The minimum absolute atomic E-state index is 0.250. The van der Waals surface area contributed by atoms with Gasteiger partial charge in [-0.05, 0) is 25.8 Å². The van der Waals surface area contributed by atoms with Crippen LogP contribution >= 0.6 is 0 Å². The molecule has 0 spiro atoms. The number of hydrogen-bond donors (Lipinski definition) is 2. The maximum atomic E-state index is 12.0. The summed E-state index contributed by atoms with van der Waals surface area (Å²) in [6.07, 6.45) is -1.11. The summed E-state index contributed by atoms with van der Waals surface area (Å²) in [5.74, 6) is -0.773. The number of hydrogen-bond acceptors (Lipinski definition) is 5. The van der Waals surface area contributed by atoms with Gasteiger partial charge >= 0.3 is 12.0 Å². The molecule has 1 atom stereocenters. The highest BCUT2D eigenvalue weighted by Crippen LogP contribution is 2.17. The van der Waals surface area contributed by atoms with Crippen LogP contribution in [0.3, 0.4) is 0 Å². The summed E-state index contributed by atoms with van der Waals surface area (Å²) < 4.78 is 10.4. The van der Waals surface area contributed by atoms with E-state index in [9.17, 15) is 14.4 Å². The summed E-state index contributed by atoms with van der Waals surface area (Å²) in [6.45, 7) is 6.69. The van der Waals surface area contributed by atoms with Crippen LogP contribution in [0, 0.1) is 19.8 Å². The van der Waals surface area contributed by atoms with E-state index >= 15 is 0 Å². The number of esters is 1. The van der Waals surface area contributed by atoms with Crippen LogP contribution in [0.4, 0.5) is 4.79 Å². The Morgan fingerprint density at radius 3 is 2.30 bits per heavy atom. The molecule has 3 N–H and O–H groups in total. The lowest BCUT2D eigenvalue weighted by molar-refractivity contribution is -0.130. The van der Waals surface area contributed by atoms with Crippen molar-refractivity contribution in [3.05, 3.63) is 23.2 Å². The third kappa shape index (κ3) is 3.84. The number of urea groups is 1. The number of rotatable bonds is 4. The summed E-state index contributed by atoms with van der Waals surface area (Å²) in [7, 11) is 0. The maximum absolute atomic E-state index is 12.0. The SMILES string of the molecule is Cc1cc(C(=O)OC(C(=O)NC(N)=O)C(C)C)c(C)o1. The lowest BCUT2D eigenvalue weighted by atomic mass is 10.1. The predicted molar refractivity (Wildman–Crippen MR) is 69.9 cm³/mol. The highest BCUT2D eigenvalue weighted by molar-refractivity contribution is 5.98. The number of amides is 3. The fourth-order valence-corrected chi connectivity index (χ4v) is 1.70. The van der Waals surface area contributed by atoms with Gasteiger partial charge in [0.05, 0.1) is 0 Å². The highest BCUT2D eigenvalue weighted by Gasteiger charge is 2.29. The zero-order valence-electron chi connectivity index (χ0n) is 11.9. The van der Waals surface area contributed by atoms with E-state index in [0.717, 1.165) is 0 Å². The number of primary amides is 1. The fourth-order valence-electron chi connectivity index (χ4n) is 1.70. The van der Waals surface area contributed by atoms with Gasteiger partial charge in [0.15, 0.2) is 6.10 Å². The monoisotopic (exact) mass is 282 g/mol. The average molecular weight is 282 g/mol. The Balaban J connectivity index is 2.86. The van der Waals surface area contributed by atoms with Crippen LogP contribution < -0.4 is 11.1 Å². The van der Waals surface area contributed by atoms with Crippen molar-refractivity contribution >= 4 is 17.9 Å². The molecule has 1 rings (SSSR count). The number of furan rings is 1. The molecule has 0 aliphatic carbocycles. The van der Waals surface area contributed by atoms with Gasteiger partial charge < -0.3 is 14.9 Å². The van der Waals surface area contributed by atoms with Crippen LogP contribution in [-0.2, 0) is 9.53 Å². The van der Waals surface area contributed by atoms with Gasteiger partial charge in [0, 0.05) is 0 Å². The number of carbonyl (C=O) groups is 3. The molecule has 1 heterocycles. The smallest absolute Gasteiger partial charge is 0.342 e. The largest absolute Gasteiger partial charge is 0.466 e. The van der Waals surface area contributed by atoms with E-state index in [-0.39, 0.29) is 11.5 Å². The van der Waals surface area contributed by atoms with Crippen molar-refractivity contribution in [1.82, 2.24) is 5.32 Å². The number of nitrogens with one attached hydrogen (secondary N) is 1. The molecule has 0 aromatic carbocycles. The number of aryl methyl sites for hydroxylation is 2. The summed E-state index contributed by atoms with van der Waals surface area (Å²) in [6, 6.07) is 0.535. The molecule has 0 fully saturated rings. The Morgan fingerprint density at radius 1 is 1.30 bits per heavy atom. The second kappa shape index (κ2) is 6.23. The lowest BCUT2D eigenvalue weighted by Gasteiger charge is -2.19. The number of carbonyl (C=O) groups excluding carboxylic acids is 3. The molecule has 20 heavy (non-hydrogen) atoms. The zero-order chi connectivity index (χ0) is 15.4. The molecule has 0 saturated heterocycles. The van der Waals surface area contributed by atoms with Crippen LogP contribution in [0.15, 0.2) is 10.5 Å². The van der Waals surface area contributed by atoms with Crippen molar-refractivity contribution in [3.63, 3.8) is 0 Å². The van der Waals surface area contributed by atoms with Crippen molar-refractivity contribution in [2.75, 3.05) is 0 Å². The van der Waals surface area contributed by atoms with Crippen LogP contribution in [0.25, 0.3) is 0 Å². The van der Waals surface area contributed by atoms with Crippen molar-refractivity contribution in [2.24, 2.45) is 11.7 Å². The highest BCUT2D eigenvalue weighted by atomic mass is 16.5. The molecule has 0 bridgehead atoms. The van der Waals surface area contributed by atoms with Gasteiger partial charge in [0.1, 0.15) is 17.1 Å². The Kier molecular flexibility index (Phi) is 4.90. The Labute approximate surface area is 116 Å². The first-order valence-electron chi connectivity index (χ1n) is 6.10. The molecule has 1 unspecified atom stereocenters. The molecule has 1 aromatic heterocycles. The Bertz CT molecular complexity index is 533. The second-order valence-corrected chi connectivity index (χ2v) is 4.75. The normalized spacial score (nSPS) is 12.1. The molecule has 110 valence electrons. The molecule has 7 nitrogen and oxygen atoms in total. The lowest BCUT2D eigenvalue weighted by Crippen LogP contribution is -2.45. The topological polar surface area (TPSA) is 112 Å². The van der Waals surface area contributed by atoms with Crippen molar-refractivity contribution < 1.29 is 23.5 Å². The van der Waals surface area contributed by atoms with Gasteiger partial charge in [0.25, 0.3) is 5.91 Å². The van der Waals surface area contributed by atoms with Crippen molar-refractivity contribution in [3.8, 4) is 0 Å². The number of nitrogens with two attached hydrogens (primary N) is 1. The second-order valence-electron chi connectivity index (χ2n) is 4.75. The van der Waals surface area contributed by atoms with Gasteiger partial charge in [-0.25, -0.2) is 9.59 Å². The minimum atomic E-state index is -1.11.